The molecule has 0 atom stereocenters. The minimum absolute atomic E-state index is 0.348. The van der Waals surface area contributed by atoms with Crippen molar-refractivity contribution in [3.05, 3.63) is 94.2 Å². The Morgan fingerprint density at radius 3 is 2.65 bits per heavy atom. The summed E-state index contributed by atoms with van der Waals surface area (Å²) in [5, 5.41) is 3.98. The second kappa shape index (κ2) is 8.92. The van der Waals surface area contributed by atoms with Gasteiger partial charge in [-0.05, 0) is 41.5 Å². The van der Waals surface area contributed by atoms with Crippen molar-refractivity contribution in [3.63, 3.8) is 0 Å². The number of carbonyl (C=O) groups excluding carboxylic acids is 1. The average Bonchev–Trinajstić information content (AvgIpc) is 2.68. The van der Waals surface area contributed by atoms with E-state index in [0.29, 0.717) is 17.9 Å². The molecule has 0 aliphatic heterocycles. The molecule has 2 aromatic carbocycles. The minimum atomic E-state index is -0.348. The second-order valence-corrected chi connectivity index (χ2v) is 6.31. The average molecular weight is 410 g/mol. The van der Waals surface area contributed by atoms with Gasteiger partial charge >= 0.3 is 0 Å². The van der Waals surface area contributed by atoms with Gasteiger partial charge in [-0.25, -0.2) is 5.43 Å². The molecular formula is C20H16BrN3O2. The van der Waals surface area contributed by atoms with Gasteiger partial charge < -0.3 is 4.74 Å². The summed E-state index contributed by atoms with van der Waals surface area (Å²) in [6.45, 7) is 0.378. The van der Waals surface area contributed by atoms with Crippen molar-refractivity contribution >= 4 is 28.1 Å². The second-order valence-electron chi connectivity index (χ2n) is 5.39. The van der Waals surface area contributed by atoms with E-state index in [4.69, 9.17) is 4.74 Å². The van der Waals surface area contributed by atoms with Crippen LogP contribution in [0.5, 0.6) is 5.75 Å². The van der Waals surface area contributed by atoms with Gasteiger partial charge in [0.1, 0.15) is 12.4 Å². The summed E-state index contributed by atoms with van der Waals surface area (Å²) in [6, 6.07) is 18.7. The van der Waals surface area contributed by atoms with Crippen molar-refractivity contribution in [3.8, 4) is 5.75 Å². The van der Waals surface area contributed by atoms with Crippen LogP contribution in [0.15, 0.2) is 82.6 Å². The molecule has 1 heterocycles. The van der Waals surface area contributed by atoms with Crippen LogP contribution in [0.25, 0.3) is 0 Å². The van der Waals surface area contributed by atoms with Gasteiger partial charge in [-0.15, -0.1) is 0 Å². The Balaban J connectivity index is 1.70. The summed E-state index contributed by atoms with van der Waals surface area (Å²) >= 11 is 3.38. The van der Waals surface area contributed by atoms with Gasteiger partial charge in [-0.3, -0.25) is 9.78 Å². The molecule has 1 amide bonds. The highest BCUT2D eigenvalue weighted by Crippen LogP contribution is 2.24. The lowest BCUT2D eigenvalue weighted by atomic mass is 10.2. The number of hydrogen-bond acceptors (Lipinski definition) is 4. The zero-order chi connectivity index (χ0) is 18.2. The highest BCUT2D eigenvalue weighted by atomic mass is 79.9. The van der Waals surface area contributed by atoms with Crippen LogP contribution in [-0.2, 0) is 6.61 Å². The number of ether oxygens (including phenoxy) is 1. The maximum absolute atomic E-state index is 12.5. The summed E-state index contributed by atoms with van der Waals surface area (Å²) in [5.41, 5.74) is 4.80. The van der Waals surface area contributed by atoms with Crippen LogP contribution in [0.2, 0.25) is 0 Å². The van der Waals surface area contributed by atoms with Crippen LogP contribution in [0, 0.1) is 0 Å². The monoisotopic (exact) mass is 409 g/mol. The molecule has 0 fully saturated rings. The molecule has 0 bridgehead atoms. The third-order valence-corrected chi connectivity index (χ3v) is 4.00. The first-order valence-electron chi connectivity index (χ1n) is 7.92. The summed E-state index contributed by atoms with van der Waals surface area (Å²) in [5.74, 6) is 0.147. The number of carbonyl (C=O) groups is 1. The summed E-state index contributed by atoms with van der Waals surface area (Å²) in [6.07, 6.45) is 4.88. The zero-order valence-electron chi connectivity index (χ0n) is 13.8. The van der Waals surface area contributed by atoms with Crippen LogP contribution in [-0.4, -0.2) is 17.1 Å². The number of halogens is 1. The topological polar surface area (TPSA) is 63.6 Å². The Labute approximate surface area is 159 Å². The summed E-state index contributed by atoms with van der Waals surface area (Å²) < 4.78 is 6.61. The van der Waals surface area contributed by atoms with Gasteiger partial charge in [0.2, 0.25) is 0 Å². The maximum atomic E-state index is 12.5. The number of amides is 1. The van der Waals surface area contributed by atoms with Crippen molar-refractivity contribution in [1.82, 2.24) is 10.4 Å². The van der Waals surface area contributed by atoms with E-state index in [0.717, 1.165) is 15.6 Å². The van der Waals surface area contributed by atoms with Crippen molar-refractivity contribution in [2.75, 3.05) is 0 Å². The van der Waals surface area contributed by atoms with Crippen LogP contribution in [0.4, 0.5) is 0 Å². The van der Waals surface area contributed by atoms with E-state index in [2.05, 4.69) is 31.4 Å². The largest absolute Gasteiger partial charge is 0.488 e. The highest BCUT2D eigenvalue weighted by Gasteiger charge is 2.13. The number of nitrogens with one attached hydrogen (secondary N) is 1. The fourth-order valence-corrected chi connectivity index (χ4v) is 2.58. The van der Waals surface area contributed by atoms with Gasteiger partial charge in [0.05, 0.1) is 11.8 Å². The third kappa shape index (κ3) is 5.00. The first kappa shape index (κ1) is 17.8. The van der Waals surface area contributed by atoms with E-state index in [-0.39, 0.29) is 5.91 Å². The van der Waals surface area contributed by atoms with Crippen LogP contribution in [0.1, 0.15) is 21.5 Å². The van der Waals surface area contributed by atoms with Gasteiger partial charge in [0.15, 0.2) is 0 Å². The fourth-order valence-electron chi connectivity index (χ4n) is 2.22. The van der Waals surface area contributed by atoms with E-state index >= 15 is 0 Å². The van der Waals surface area contributed by atoms with Crippen LogP contribution >= 0.6 is 15.9 Å². The lowest BCUT2D eigenvalue weighted by Crippen LogP contribution is -2.18. The van der Waals surface area contributed by atoms with E-state index in [1.807, 2.05) is 36.4 Å². The van der Waals surface area contributed by atoms with Gasteiger partial charge in [-0.1, -0.05) is 46.3 Å². The number of benzene rings is 2. The number of pyridine rings is 1. The number of rotatable bonds is 6. The number of hydrogen-bond donors (Lipinski definition) is 1. The molecule has 130 valence electrons. The van der Waals surface area contributed by atoms with E-state index in [9.17, 15) is 4.79 Å². The molecule has 5 nitrogen and oxygen atoms in total. The molecule has 3 aromatic rings. The molecule has 0 saturated carbocycles. The standard InChI is InChI=1S/C20H16BrN3O2/c21-17-6-7-19(26-14-16-4-2-1-3-5-16)18(12-17)20(25)24-23-13-15-8-10-22-11-9-15/h1-13H,14H2,(H,24,25)/b23-13-. The first-order chi connectivity index (χ1) is 12.7. The number of nitrogens with zero attached hydrogens (tertiary/aromatic N) is 2. The predicted molar refractivity (Wildman–Crippen MR) is 104 cm³/mol. The fraction of sp³-hybridized carbons (Fsp3) is 0.0500. The van der Waals surface area contributed by atoms with Crippen molar-refractivity contribution < 1.29 is 9.53 Å². The van der Waals surface area contributed by atoms with Gasteiger partial charge in [0.25, 0.3) is 5.91 Å². The van der Waals surface area contributed by atoms with E-state index < -0.39 is 0 Å². The zero-order valence-corrected chi connectivity index (χ0v) is 15.4. The molecule has 0 aliphatic carbocycles. The van der Waals surface area contributed by atoms with Gasteiger partial charge in [-0.2, -0.15) is 5.10 Å². The molecule has 6 heteroatoms. The van der Waals surface area contributed by atoms with E-state index in [1.54, 1.807) is 42.9 Å². The molecule has 3 rings (SSSR count). The maximum Gasteiger partial charge on any atom is 0.275 e. The van der Waals surface area contributed by atoms with Crippen molar-refractivity contribution in [2.24, 2.45) is 5.10 Å². The Bertz CT molecular complexity index is 899. The lowest BCUT2D eigenvalue weighted by Gasteiger charge is -2.11. The minimum Gasteiger partial charge on any atom is -0.488 e. The molecule has 0 radical (unpaired) electrons. The number of hydrazone groups is 1. The molecule has 26 heavy (non-hydrogen) atoms. The van der Waals surface area contributed by atoms with Crippen LogP contribution < -0.4 is 10.2 Å². The Kier molecular flexibility index (Phi) is 6.11. The Hall–Kier alpha value is -2.99. The molecule has 0 saturated heterocycles. The molecule has 0 spiro atoms. The summed E-state index contributed by atoms with van der Waals surface area (Å²) in [4.78, 5) is 16.4. The highest BCUT2D eigenvalue weighted by molar-refractivity contribution is 9.10. The Morgan fingerprint density at radius 1 is 1.12 bits per heavy atom. The molecule has 0 aliphatic rings. The molecule has 0 unspecified atom stereocenters. The van der Waals surface area contributed by atoms with Gasteiger partial charge in [0, 0.05) is 16.9 Å². The number of aromatic nitrogens is 1. The normalized spacial score (nSPS) is 10.7. The van der Waals surface area contributed by atoms with Crippen LogP contribution in [0.3, 0.4) is 0 Å². The molecular weight excluding hydrogens is 394 g/mol. The smallest absolute Gasteiger partial charge is 0.275 e. The molecule has 1 N–H and O–H groups in total. The van der Waals surface area contributed by atoms with E-state index in [1.165, 1.54) is 0 Å². The third-order valence-electron chi connectivity index (χ3n) is 3.51. The summed E-state index contributed by atoms with van der Waals surface area (Å²) in [7, 11) is 0. The Morgan fingerprint density at radius 2 is 1.88 bits per heavy atom. The molecule has 1 aromatic heterocycles. The predicted octanol–water partition coefficient (Wildman–Crippen LogP) is 4.19. The quantitative estimate of drug-likeness (QED) is 0.490. The lowest BCUT2D eigenvalue weighted by molar-refractivity contribution is 0.0950. The van der Waals surface area contributed by atoms with Crippen molar-refractivity contribution in [1.29, 1.82) is 0 Å². The first-order valence-corrected chi connectivity index (χ1v) is 8.71. The van der Waals surface area contributed by atoms with Crippen molar-refractivity contribution in [2.45, 2.75) is 6.61 Å². The SMILES string of the molecule is O=C(N/N=C\c1ccncc1)c1cc(Br)ccc1OCc1ccccc1.